The Morgan fingerprint density at radius 2 is 2.18 bits per heavy atom. The van der Waals surface area contributed by atoms with E-state index in [1.165, 1.54) is 0 Å². The van der Waals surface area contributed by atoms with Crippen LogP contribution < -0.4 is 0 Å². The summed E-state index contributed by atoms with van der Waals surface area (Å²) in [6, 6.07) is 9.78. The Morgan fingerprint density at radius 3 is 2.94 bits per heavy atom. The molecule has 1 heterocycles. The minimum Gasteiger partial charge on any atom is -0.384 e. The monoisotopic (exact) mass is 295 g/mol. The van der Waals surface area contributed by atoms with Crippen LogP contribution in [0.2, 0.25) is 0 Å². The van der Waals surface area contributed by atoms with Gasteiger partial charge in [0.25, 0.3) is 0 Å². The summed E-state index contributed by atoms with van der Waals surface area (Å²) in [6.07, 6.45) is -0.700. The number of benzene rings is 1. The Bertz CT molecular complexity index is 516. The van der Waals surface area contributed by atoms with Gasteiger partial charge in [-0.2, -0.15) is 0 Å². The Kier molecular flexibility index (Phi) is 4.10. The molecule has 17 heavy (non-hydrogen) atoms. The number of aliphatic hydroxyl groups excluding tert-OH is 1. The van der Waals surface area contributed by atoms with Gasteiger partial charge in [-0.1, -0.05) is 18.2 Å². The van der Waals surface area contributed by atoms with Crippen molar-refractivity contribution in [2.24, 2.45) is 0 Å². The summed E-state index contributed by atoms with van der Waals surface area (Å²) in [5, 5.41) is 11.0. The highest BCUT2D eigenvalue weighted by Crippen LogP contribution is 2.26. The first-order valence-corrected chi connectivity index (χ1v) is 6.32. The number of hydrogen-bond acceptors (Lipinski definition) is 3. The fraction of sp³-hybridized carbons (Fsp3) is 0.308. The summed E-state index contributed by atoms with van der Waals surface area (Å²) in [4.78, 5) is 4.45. The van der Waals surface area contributed by atoms with Gasteiger partial charge in [-0.25, -0.2) is 4.98 Å². The van der Waals surface area contributed by atoms with Gasteiger partial charge in [-0.15, -0.1) is 0 Å². The Labute approximate surface area is 109 Å². The number of pyridine rings is 1. The lowest BCUT2D eigenvalue weighted by atomic mass is 10.1. The first-order chi connectivity index (χ1) is 8.22. The Hall–Kier alpha value is -0.970. The molecule has 0 aliphatic heterocycles. The van der Waals surface area contributed by atoms with E-state index in [4.69, 9.17) is 4.74 Å². The first kappa shape index (κ1) is 12.5. The molecule has 0 amide bonds. The average Bonchev–Trinajstić information content (AvgIpc) is 2.35. The van der Waals surface area contributed by atoms with Gasteiger partial charge in [-0.3, -0.25) is 0 Å². The second-order valence-electron chi connectivity index (χ2n) is 3.72. The zero-order chi connectivity index (χ0) is 12.3. The Balaban J connectivity index is 2.36. The molecular formula is C13H14BrNO2. The molecule has 4 heteroatoms. The maximum absolute atomic E-state index is 9.97. The highest BCUT2D eigenvalue weighted by atomic mass is 79.9. The molecule has 0 saturated heterocycles. The number of rotatable bonds is 4. The van der Waals surface area contributed by atoms with Crippen LogP contribution >= 0.6 is 15.9 Å². The van der Waals surface area contributed by atoms with Crippen LogP contribution in [-0.2, 0) is 4.74 Å². The third kappa shape index (κ3) is 2.83. The van der Waals surface area contributed by atoms with Gasteiger partial charge in [0.1, 0.15) is 6.10 Å². The van der Waals surface area contributed by atoms with Gasteiger partial charge in [-0.05, 0) is 35.0 Å². The van der Waals surface area contributed by atoms with E-state index in [-0.39, 0.29) is 6.61 Å². The molecule has 1 atom stereocenters. The summed E-state index contributed by atoms with van der Waals surface area (Å²) in [7, 11) is 0. The minimum absolute atomic E-state index is 0.264. The van der Waals surface area contributed by atoms with Crippen molar-refractivity contribution in [3.63, 3.8) is 0 Å². The second kappa shape index (κ2) is 5.58. The fourth-order valence-electron chi connectivity index (χ4n) is 1.65. The van der Waals surface area contributed by atoms with Gasteiger partial charge >= 0.3 is 0 Å². The quantitative estimate of drug-likeness (QED) is 0.943. The molecule has 1 unspecified atom stereocenters. The predicted molar refractivity (Wildman–Crippen MR) is 70.9 cm³/mol. The van der Waals surface area contributed by atoms with Gasteiger partial charge in [0, 0.05) is 16.5 Å². The highest BCUT2D eigenvalue weighted by Gasteiger charge is 2.14. The maximum Gasteiger partial charge on any atom is 0.120 e. The highest BCUT2D eigenvalue weighted by molar-refractivity contribution is 9.10. The van der Waals surface area contributed by atoms with E-state index in [9.17, 15) is 5.11 Å². The number of hydrogen-bond donors (Lipinski definition) is 1. The van der Waals surface area contributed by atoms with Crippen molar-refractivity contribution in [2.75, 3.05) is 13.2 Å². The van der Waals surface area contributed by atoms with Gasteiger partial charge in [0.2, 0.25) is 0 Å². The van der Waals surface area contributed by atoms with E-state index in [0.29, 0.717) is 12.3 Å². The maximum atomic E-state index is 9.97. The molecule has 2 rings (SSSR count). The van der Waals surface area contributed by atoms with Crippen molar-refractivity contribution >= 4 is 26.8 Å². The molecule has 1 N–H and O–H groups in total. The van der Waals surface area contributed by atoms with E-state index in [0.717, 1.165) is 15.4 Å². The van der Waals surface area contributed by atoms with Crippen molar-refractivity contribution < 1.29 is 9.84 Å². The molecule has 1 aromatic heterocycles. The normalized spacial score (nSPS) is 12.9. The van der Waals surface area contributed by atoms with Gasteiger partial charge in [0.15, 0.2) is 0 Å². The SMILES string of the molecule is CCOCC(O)c1nc2ccccc2cc1Br. The molecule has 0 spiro atoms. The lowest BCUT2D eigenvalue weighted by Gasteiger charge is -2.12. The molecule has 0 radical (unpaired) electrons. The van der Waals surface area contributed by atoms with E-state index < -0.39 is 6.10 Å². The molecule has 3 nitrogen and oxygen atoms in total. The van der Waals surface area contributed by atoms with Crippen LogP contribution in [0.1, 0.15) is 18.7 Å². The fourth-order valence-corrected chi connectivity index (χ4v) is 2.25. The molecule has 0 aliphatic carbocycles. The zero-order valence-corrected chi connectivity index (χ0v) is 11.1. The van der Waals surface area contributed by atoms with Crippen LogP contribution in [0.4, 0.5) is 0 Å². The molecular weight excluding hydrogens is 282 g/mol. The lowest BCUT2D eigenvalue weighted by Crippen LogP contribution is -2.09. The molecule has 0 fully saturated rings. The molecule has 0 aliphatic rings. The van der Waals surface area contributed by atoms with Crippen molar-refractivity contribution in [1.29, 1.82) is 0 Å². The summed E-state index contributed by atoms with van der Waals surface area (Å²) in [6.45, 7) is 2.75. The second-order valence-corrected chi connectivity index (χ2v) is 4.58. The van der Waals surface area contributed by atoms with Crippen molar-refractivity contribution in [2.45, 2.75) is 13.0 Å². The smallest absolute Gasteiger partial charge is 0.120 e. The summed E-state index contributed by atoms with van der Waals surface area (Å²) in [5.74, 6) is 0. The van der Waals surface area contributed by atoms with Crippen LogP contribution in [-0.4, -0.2) is 23.3 Å². The number of para-hydroxylation sites is 1. The van der Waals surface area contributed by atoms with Crippen LogP contribution in [0.25, 0.3) is 10.9 Å². The van der Waals surface area contributed by atoms with E-state index in [2.05, 4.69) is 20.9 Å². The number of fused-ring (bicyclic) bond motifs is 1. The van der Waals surface area contributed by atoms with Crippen LogP contribution in [0.15, 0.2) is 34.8 Å². The molecule has 90 valence electrons. The van der Waals surface area contributed by atoms with Gasteiger partial charge in [0.05, 0.1) is 17.8 Å². The van der Waals surface area contributed by atoms with Crippen LogP contribution in [0.5, 0.6) is 0 Å². The van der Waals surface area contributed by atoms with Gasteiger partial charge < -0.3 is 9.84 Å². The third-order valence-corrected chi connectivity index (χ3v) is 3.14. The lowest BCUT2D eigenvalue weighted by molar-refractivity contribution is 0.0395. The van der Waals surface area contributed by atoms with Crippen molar-refractivity contribution in [1.82, 2.24) is 4.98 Å². The van der Waals surface area contributed by atoms with Crippen LogP contribution in [0, 0.1) is 0 Å². The first-order valence-electron chi connectivity index (χ1n) is 5.53. The van der Waals surface area contributed by atoms with E-state index >= 15 is 0 Å². The summed E-state index contributed by atoms with van der Waals surface area (Å²) < 4.78 is 6.01. The average molecular weight is 296 g/mol. The molecule has 0 bridgehead atoms. The van der Waals surface area contributed by atoms with E-state index in [1.54, 1.807) is 0 Å². The summed E-state index contributed by atoms with van der Waals surface area (Å²) in [5.41, 5.74) is 1.50. The summed E-state index contributed by atoms with van der Waals surface area (Å²) >= 11 is 3.43. The van der Waals surface area contributed by atoms with Crippen molar-refractivity contribution in [3.05, 3.63) is 40.5 Å². The number of nitrogens with zero attached hydrogens (tertiary/aromatic N) is 1. The number of ether oxygens (including phenoxy) is 1. The molecule has 1 aromatic carbocycles. The predicted octanol–water partition coefficient (Wildman–Crippen LogP) is 3.07. The Morgan fingerprint density at radius 1 is 1.41 bits per heavy atom. The molecule has 2 aromatic rings. The zero-order valence-electron chi connectivity index (χ0n) is 9.56. The minimum atomic E-state index is -0.700. The topological polar surface area (TPSA) is 42.4 Å². The van der Waals surface area contributed by atoms with E-state index in [1.807, 2.05) is 37.3 Å². The number of aliphatic hydroxyl groups is 1. The van der Waals surface area contributed by atoms with Crippen LogP contribution in [0.3, 0.4) is 0 Å². The largest absolute Gasteiger partial charge is 0.384 e. The molecule has 0 saturated carbocycles. The third-order valence-electron chi connectivity index (χ3n) is 2.50. The van der Waals surface area contributed by atoms with Crippen molar-refractivity contribution in [3.8, 4) is 0 Å². The number of halogens is 1. The standard InChI is InChI=1S/C13H14BrNO2/c1-2-17-8-12(16)13-10(14)7-9-5-3-4-6-11(9)15-13/h3-7,12,16H,2,8H2,1H3. The number of aromatic nitrogens is 1.